The van der Waals surface area contributed by atoms with Crippen LogP contribution in [-0.4, -0.2) is 22.3 Å². The van der Waals surface area contributed by atoms with Gasteiger partial charge in [-0.25, -0.2) is 0 Å². The molecule has 70 valence electrons. The monoisotopic (exact) mass is 202 g/mol. The van der Waals surface area contributed by atoms with Gasteiger partial charge in [0.1, 0.15) is 0 Å². The van der Waals surface area contributed by atoms with Crippen LogP contribution in [-0.2, 0) is 0 Å². The van der Waals surface area contributed by atoms with Crippen molar-refractivity contribution in [3.8, 4) is 0 Å². The lowest BCUT2D eigenvalue weighted by atomic mass is 10.2. The SMILES string of the molecule is c1cc2ccc(C3=NCCS3)cc2[nH]1. The number of aromatic amines is 1. The van der Waals surface area contributed by atoms with E-state index in [0.717, 1.165) is 12.3 Å². The largest absolute Gasteiger partial charge is 0.361 e. The minimum absolute atomic E-state index is 0.961. The van der Waals surface area contributed by atoms with Crippen molar-refractivity contribution in [2.24, 2.45) is 4.99 Å². The van der Waals surface area contributed by atoms with E-state index in [2.05, 4.69) is 34.2 Å². The Hall–Kier alpha value is -1.22. The Kier molecular flexibility index (Phi) is 1.84. The van der Waals surface area contributed by atoms with Crippen LogP contribution >= 0.6 is 11.8 Å². The third-order valence-electron chi connectivity index (χ3n) is 2.39. The van der Waals surface area contributed by atoms with Crippen molar-refractivity contribution in [3.05, 3.63) is 36.0 Å². The van der Waals surface area contributed by atoms with Gasteiger partial charge in [-0.2, -0.15) is 0 Å². The minimum atomic E-state index is 0.961. The highest BCUT2D eigenvalue weighted by atomic mass is 32.2. The summed E-state index contributed by atoms with van der Waals surface area (Å²) in [7, 11) is 0. The molecule has 2 aromatic rings. The Labute approximate surface area is 86.4 Å². The molecule has 2 nitrogen and oxygen atoms in total. The van der Waals surface area contributed by atoms with E-state index in [9.17, 15) is 0 Å². The predicted octanol–water partition coefficient (Wildman–Crippen LogP) is 2.66. The Balaban J connectivity index is 2.13. The first-order chi connectivity index (χ1) is 6.93. The Morgan fingerprint density at radius 3 is 3.14 bits per heavy atom. The van der Waals surface area contributed by atoms with Crippen molar-refractivity contribution in [2.75, 3.05) is 12.3 Å². The molecule has 0 aliphatic carbocycles. The van der Waals surface area contributed by atoms with Crippen molar-refractivity contribution < 1.29 is 0 Å². The van der Waals surface area contributed by atoms with Gasteiger partial charge in [-0.1, -0.05) is 12.1 Å². The van der Waals surface area contributed by atoms with Crippen LogP contribution in [0.15, 0.2) is 35.5 Å². The van der Waals surface area contributed by atoms with Crippen molar-refractivity contribution in [3.63, 3.8) is 0 Å². The fourth-order valence-electron chi connectivity index (χ4n) is 1.69. The number of hydrogen-bond acceptors (Lipinski definition) is 2. The third kappa shape index (κ3) is 1.24. The van der Waals surface area contributed by atoms with Crippen LogP contribution in [0.1, 0.15) is 5.56 Å². The zero-order valence-corrected chi connectivity index (χ0v) is 8.47. The van der Waals surface area contributed by atoms with Gasteiger partial charge < -0.3 is 4.98 Å². The molecule has 2 heterocycles. The lowest BCUT2D eigenvalue weighted by Crippen LogP contribution is -1.90. The van der Waals surface area contributed by atoms with Crippen molar-refractivity contribution in [2.45, 2.75) is 0 Å². The molecule has 0 saturated heterocycles. The highest BCUT2D eigenvalue weighted by Crippen LogP contribution is 2.22. The van der Waals surface area contributed by atoms with Gasteiger partial charge in [-0.05, 0) is 17.5 Å². The molecule has 0 atom stereocenters. The van der Waals surface area contributed by atoms with E-state index in [1.807, 2.05) is 18.0 Å². The van der Waals surface area contributed by atoms with E-state index in [4.69, 9.17) is 0 Å². The fraction of sp³-hybridized carbons (Fsp3) is 0.182. The molecule has 1 N–H and O–H groups in total. The van der Waals surface area contributed by atoms with E-state index in [0.29, 0.717) is 0 Å². The van der Waals surface area contributed by atoms with Crippen LogP contribution in [0.2, 0.25) is 0 Å². The maximum atomic E-state index is 4.46. The molecule has 0 amide bonds. The molecule has 0 spiro atoms. The van der Waals surface area contributed by atoms with Gasteiger partial charge >= 0.3 is 0 Å². The summed E-state index contributed by atoms with van der Waals surface area (Å²) in [5.74, 6) is 1.12. The summed E-state index contributed by atoms with van der Waals surface area (Å²) in [6.45, 7) is 0.961. The summed E-state index contributed by atoms with van der Waals surface area (Å²) in [5.41, 5.74) is 2.43. The fourth-order valence-corrected chi connectivity index (χ4v) is 2.54. The molecule has 1 aliphatic heterocycles. The van der Waals surface area contributed by atoms with Crippen molar-refractivity contribution in [1.29, 1.82) is 0 Å². The highest BCUT2D eigenvalue weighted by molar-refractivity contribution is 8.14. The summed E-state index contributed by atoms with van der Waals surface area (Å²) in [5, 5.41) is 2.44. The number of H-pyrrole nitrogens is 1. The molecule has 0 bridgehead atoms. The quantitative estimate of drug-likeness (QED) is 0.756. The zero-order valence-electron chi connectivity index (χ0n) is 7.66. The van der Waals surface area contributed by atoms with Gasteiger partial charge in [0.2, 0.25) is 0 Å². The maximum Gasteiger partial charge on any atom is 0.0978 e. The zero-order chi connectivity index (χ0) is 9.38. The van der Waals surface area contributed by atoms with Crippen LogP contribution in [0, 0.1) is 0 Å². The number of rotatable bonds is 1. The second kappa shape index (κ2) is 3.17. The molecule has 1 aromatic heterocycles. The second-order valence-corrected chi connectivity index (χ2v) is 4.40. The van der Waals surface area contributed by atoms with Crippen LogP contribution in [0.3, 0.4) is 0 Å². The third-order valence-corrected chi connectivity index (χ3v) is 3.41. The average molecular weight is 202 g/mol. The van der Waals surface area contributed by atoms with Crippen molar-refractivity contribution in [1.82, 2.24) is 4.98 Å². The Morgan fingerprint density at radius 1 is 1.29 bits per heavy atom. The van der Waals surface area contributed by atoms with Crippen LogP contribution in [0.4, 0.5) is 0 Å². The molecule has 3 rings (SSSR count). The van der Waals surface area contributed by atoms with Gasteiger partial charge in [-0.15, -0.1) is 11.8 Å². The molecule has 0 unspecified atom stereocenters. The summed E-state index contributed by atoms with van der Waals surface area (Å²) >= 11 is 1.84. The second-order valence-electron chi connectivity index (χ2n) is 3.32. The summed E-state index contributed by atoms with van der Waals surface area (Å²) in [6.07, 6.45) is 1.97. The number of benzene rings is 1. The van der Waals surface area contributed by atoms with Gasteiger partial charge in [-0.3, -0.25) is 4.99 Å². The van der Waals surface area contributed by atoms with Gasteiger partial charge in [0.15, 0.2) is 0 Å². The molecule has 14 heavy (non-hydrogen) atoms. The topological polar surface area (TPSA) is 28.1 Å². The molecular weight excluding hydrogens is 192 g/mol. The van der Waals surface area contributed by atoms with E-state index in [-0.39, 0.29) is 0 Å². The Bertz CT molecular complexity index is 499. The number of nitrogens with zero attached hydrogens (tertiary/aromatic N) is 1. The highest BCUT2D eigenvalue weighted by Gasteiger charge is 2.09. The van der Waals surface area contributed by atoms with E-state index in [1.54, 1.807) is 0 Å². The lowest BCUT2D eigenvalue weighted by molar-refractivity contribution is 1.17. The Morgan fingerprint density at radius 2 is 2.29 bits per heavy atom. The van der Waals surface area contributed by atoms with E-state index < -0.39 is 0 Å². The van der Waals surface area contributed by atoms with E-state index in [1.165, 1.54) is 21.5 Å². The molecule has 0 saturated carbocycles. The number of fused-ring (bicyclic) bond motifs is 1. The number of thioether (sulfide) groups is 1. The van der Waals surface area contributed by atoms with Gasteiger partial charge in [0, 0.05) is 29.6 Å². The smallest absolute Gasteiger partial charge is 0.0978 e. The first kappa shape index (κ1) is 8.12. The molecule has 3 heteroatoms. The average Bonchev–Trinajstić information content (AvgIpc) is 2.88. The van der Waals surface area contributed by atoms with E-state index >= 15 is 0 Å². The summed E-state index contributed by atoms with van der Waals surface area (Å²) in [6, 6.07) is 8.55. The molecule has 0 radical (unpaired) electrons. The number of aromatic nitrogens is 1. The first-order valence-electron chi connectivity index (χ1n) is 4.68. The standard InChI is InChI=1S/C11H10N2S/c1-2-9(11-13-5-6-14-11)7-10-8(1)3-4-12-10/h1-4,7,12H,5-6H2. The number of aliphatic imine (C=N–C) groups is 1. The predicted molar refractivity (Wildman–Crippen MR) is 62.2 cm³/mol. The number of hydrogen-bond donors (Lipinski definition) is 1. The molecule has 1 aliphatic rings. The van der Waals surface area contributed by atoms with Crippen LogP contribution in [0.25, 0.3) is 10.9 Å². The molecular formula is C11H10N2S. The molecule has 1 aromatic carbocycles. The maximum absolute atomic E-state index is 4.46. The minimum Gasteiger partial charge on any atom is -0.361 e. The lowest BCUT2D eigenvalue weighted by Gasteiger charge is -1.99. The number of nitrogens with one attached hydrogen (secondary N) is 1. The molecule has 0 fully saturated rings. The first-order valence-corrected chi connectivity index (χ1v) is 5.67. The van der Waals surface area contributed by atoms with Crippen LogP contribution in [0.5, 0.6) is 0 Å². The van der Waals surface area contributed by atoms with Crippen molar-refractivity contribution >= 4 is 27.7 Å². The summed E-state index contributed by atoms with van der Waals surface area (Å²) in [4.78, 5) is 7.68. The van der Waals surface area contributed by atoms with Gasteiger partial charge in [0.25, 0.3) is 0 Å². The summed E-state index contributed by atoms with van der Waals surface area (Å²) < 4.78 is 0. The van der Waals surface area contributed by atoms with Crippen LogP contribution < -0.4 is 0 Å². The van der Waals surface area contributed by atoms with Gasteiger partial charge in [0.05, 0.1) is 5.04 Å². The normalized spacial score (nSPS) is 16.1.